The Hall–Kier alpha value is -1.75. The number of hydrogen-bond acceptors (Lipinski definition) is 4. The molecule has 1 saturated heterocycles. The number of amides is 1. The Morgan fingerprint density at radius 3 is 2.86 bits per heavy atom. The molecule has 1 aliphatic rings. The summed E-state index contributed by atoms with van der Waals surface area (Å²) in [7, 11) is 3.17. The maximum atomic E-state index is 12.8. The molecule has 1 amide bonds. The zero-order chi connectivity index (χ0) is 15.2. The molecule has 0 radical (unpaired) electrons. The largest absolute Gasteiger partial charge is 0.497 e. The van der Waals surface area contributed by atoms with E-state index in [4.69, 9.17) is 15.2 Å². The molecule has 1 aromatic rings. The molecule has 1 aliphatic heterocycles. The van der Waals surface area contributed by atoms with Crippen molar-refractivity contribution in [2.75, 3.05) is 27.3 Å². The van der Waals surface area contributed by atoms with E-state index < -0.39 is 0 Å². The van der Waals surface area contributed by atoms with Crippen molar-refractivity contribution >= 4 is 5.91 Å². The summed E-state index contributed by atoms with van der Waals surface area (Å²) in [5.74, 6) is 1.28. The van der Waals surface area contributed by atoms with E-state index in [0.29, 0.717) is 29.6 Å². The number of nitrogens with two attached hydrogens (primary N) is 1. The lowest BCUT2D eigenvalue weighted by molar-refractivity contribution is 0.0726. The van der Waals surface area contributed by atoms with E-state index in [1.165, 1.54) is 0 Å². The molecule has 1 unspecified atom stereocenters. The average Bonchev–Trinajstić information content (AvgIpc) is 2.99. The summed E-state index contributed by atoms with van der Waals surface area (Å²) < 4.78 is 10.5. The van der Waals surface area contributed by atoms with Crippen LogP contribution in [0.4, 0.5) is 0 Å². The summed E-state index contributed by atoms with van der Waals surface area (Å²) in [6.07, 6.45) is 4.04. The van der Waals surface area contributed by atoms with E-state index in [2.05, 4.69) is 0 Å². The molecule has 0 aromatic heterocycles. The van der Waals surface area contributed by atoms with Gasteiger partial charge in [-0.25, -0.2) is 0 Å². The second-order valence-electron chi connectivity index (χ2n) is 5.29. The third-order valence-electron chi connectivity index (χ3n) is 4.02. The quantitative estimate of drug-likeness (QED) is 0.871. The fourth-order valence-electron chi connectivity index (χ4n) is 2.89. The van der Waals surface area contributed by atoms with Gasteiger partial charge in [-0.2, -0.15) is 0 Å². The number of ether oxygens (including phenoxy) is 2. The molecule has 116 valence electrons. The first-order valence-electron chi connectivity index (χ1n) is 7.44. The van der Waals surface area contributed by atoms with Crippen LogP contribution in [0.15, 0.2) is 18.2 Å². The lowest BCUT2D eigenvalue weighted by Crippen LogP contribution is -2.36. The first-order valence-corrected chi connectivity index (χ1v) is 7.44. The summed E-state index contributed by atoms with van der Waals surface area (Å²) in [5, 5.41) is 0. The Bertz CT molecular complexity index is 490. The Labute approximate surface area is 126 Å². The smallest absolute Gasteiger partial charge is 0.257 e. The van der Waals surface area contributed by atoms with Gasteiger partial charge in [0.1, 0.15) is 11.5 Å². The van der Waals surface area contributed by atoms with Crippen molar-refractivity contribution in [2.24, 2.45) is 5.73 Å². The first-order chi connectivity index (χ1) is 10.2. The van der Waals surface area contributed by atoms with Gasteiger partial charge < -0.3 is 20.1 Å². The normalized spacial score (nSPS) is 17.9. The van der Waals surface area contributed by atoms with Gasteiger partial charge in [-0.15, -0.1) is 0 Å². The standard InChI is InChI=1S/C16H24N2O3/c1-20-13-7-8-14(15(11-13)21-2)16(19)18-10-4-6-12(18)5-3-9-17/h7-8,11-12H,3-6,9-10,17H2,1-2H3. The van der Waals surface area contributed by atoms with Crippen LogP contribution in [0.2, 0.25) is 0 Å². The summed E-state index contributed by atoms with van der Waals surface area (Å²) in [6, 6.07) is 5.62. The number of methoxy groups -OCH3 is 2. The van der Waals surface area contributed by atoms with Gasteiger partial charge in [0.15, 0.2) is 0 Å². The van der Waals surface area contributed by atoms with Crippen LogP contribution in [-0.2, 0) is 0 Å². The highest BCUT2D eigenvalue weighted by Crippen LogP contribution is 2.29. The van der Waals surface area contributed by atoms with Gasteiger partial charge in [0.2, 0.25) is 0 Å². The van der Waals surface area contributed by atoms with Crippen molar-refractivity contribution < 1.29 is 14.3 Å². The fourth-order valence-corrected chi connectivity index (χ4v) is 2.89. The summed E-state index contributed by atoms with van der Waals surface area (Å²) in [5.41, 5.74) is 6.17. The molecule has 0 bridgehead atoms. The van der Waals surface area contributed by atoms with Crippen LogP contribution < -0.4 is 15.2 Å². The third-order valence-corrected chi connectivity index (χ3v) is 4.02. The molecule has 5 nitrogen and oxygen atoms in total. The number of carbonyl (C=O) groups is 1. The van der Waals surface area contributed by atoms with E-state index in [9.17, 15) is 4.79 Å². The van der Waals surface area contributed by atoms with Gasteiger partial charge >= 0.3 is 0 Å². The molecule has 1 fully saturated rings. The van der Waals surface area contributed by atoms with Gasteiger partial charge in [-0.3, -0.25) is 4.79 Å². The van der Waals surface area contributed by atoms with Crippen molar-refractivity contribution in [3.8, 4) is 11.5 Å². The number of rotatable bonds is 6. The molecule has 0 aliphatic carbocycles. The number of nitrogens with zero attached hydrogens (tertiary/aromatic N) is 1. The molecule has 0 spiro atoms. The van der Waals surface area contributed by atoms with Crippen molar-refractivity contribution in [1.82, 2.24) is 4.90 Å². The molecule has 1 aromatic carbocycles. The van der Waals surface area contributed by atoms with Crippen LogP contribution in [0.3, 0.4) is 0 Å². The van der Waals surface area contributed by atoms with Crippen LogP contribution in [0.25, 0.3) is 0 Å². The summed E-state index contributed by atoms with van der Waals surface area (Å²) >= 11 is 0. The highest BCUT2D eigenvalue weighted by atomic mass is 16.5. The molecule has 5 heteroatoms. The zero-order valence-corrected chi connectivity index (χ0v) is 12.8. The monoisotopic (exact) mass is 292 g/mol. The van der Waals surface area contributed by atoms with Crippen LogP contribution in [0.1, 0.15) is 36.0 Å². The van der Waals surface area contributed by atoms with Crippen LogP contribution in [0, 0.1) is 0 Å². The molecule has 21 heavy (non-hydrogen) atoms. The number of likely N-dealkylation sites (tertiary alicyclic amines) is 1. The Morgan fingerprint density at radius 2 is 2.19 bits per heavy atom. The maximum Gasteiger partial charge on any atom is 0.257 e. The van der Waals surface area contributed by atoms with Crippen molar-refractivity contribution in [3.63, 3.8) is 0 Å². The molecular weight excluding hydrogens is 268 g/mol. The van der Waals surface area contributed by atoms with Crippen LogP contribution in [0.5, 0.6) is 11.5 Å². The average molecular weight is 292 g/mol. The maximum absolute atomic E-state index is 12.8. The minimum atomic E-state index is 0.0361. The number of benzene rings is 1. The minimum Gasteiger partial charge on any atom is -0.497 e. The van der Waals surface area contributed by atoms with Gasteiger partial charge in [-0.05, 0) is 44.4 Å². The Kier molecular flexibility index (Phi) is 5.44. The second kappa shape index (κ2) is 7.31. The van der Waals surface area contributed by atoms with E-state index in [-0.39, 0.29) is 5.91 Å². The second-order valence-corrected chi connectivity index (χ2v) is 5.29. The predicted octanol–water partition coefficient (Wildman–Crippen LogP) is 2.05. The lowest BCUT2D eigenvalue weighted by Gasteiger charge is -2.25. The highest BCUT2D eigenvalue weighted by Gasteiger charge is 2.30. The highest BCUT2D eigenvalue weighted by molar-refractivity contribution is 5.97. The number of hydrogen-bond donors (Lipinski definition) is 1. The molecular formula is C16H24N2O3. The third kappa shape index (κ3) is 3.47. The number of carbonyl (C=O) groups excluding carboxylic acids is 1. The molecule has 2 rings (SSSR count). The molecule has 1 heterocycles. The Morgan fingerprint density at radius 1 is 1.38 bits per heavy atom. The van der Waals surface area contributed by atoms with Crippen molar-refractivity contribution in [2.45, 2.75) is 31.7 Å². The van der Waals surface area contributed by atoms with Gasteiger partial charge in [0.05, 0.1) is 19.8 Å². The lowest BCUT2D eigenvalue weighted by atomic mass is 10.1. The van der Waals surface area contributed by atoms with E-state index >= 15 is 0 Å². The topological polar surface area (TPSA) is 64.8 Å². The zero-order valence-electron chi connectivity index (χ0n) is 12.8. The molecule has 2 N–H and O–H groups in total. The van der Waals surface area contributed by atoms with Gasteiger partial charge in [-0.1, -0.05) is 0 Å². The fraction of sp³-hybridized carbons (Fsp3) is 0.562. The van der Waals surface area contributed by atoms with E-state index in [1.54, 1.807) is 32.4 Å². The van der Waals surface area contributed by atoms with Crippen LogP contribution in [-0.4, -0.2) is 44.2 Å². The summed E-state index contributed by atoms with van der Waals surface area (Å²) in [4.78, 5) is 14.7. The van der Waals surface area contributed by atoms with Crippen LogP contribution >= 0.6 is 0 Å². The van der Waals surface area contributed by atoms with Gasteiger partial charge in [0.25, 0.3) is 5.91 Å². The van der Waals surface area contributed by atoms with E-state index in [0.717, 1.165) is 32.2 Å². The summed E-state index contributed by atoms with van der Waals surface area (Å²) in [6.45, 7) is 1.48. The molecule has 1 atom stereocenters. The first kappa shape index (κ1) is 15.6. The minimum absolute atomic E-state index is 0.0361. The van der Waals surface area contributed by atoms with Gasteiger partial charge in [0, 0.05) is 18.7 Å². The van der Waals surface area contributed by atoms with Crippen molar-refractivity contribution in [3.05, 3.63) is 23.8 Å². The van der Waals surface area contributed by atoms with E-state index in [1.807, 2.05) is 4.90 Å². The SMILES string of the molecule is COc1ccc(C(=O)N2CCCC2CCCN)c(OC)c1. The predicted molar refractivity (Wildman–Crippen MR) is 81.9 cm³/mol. The molecule has 0 saturated carbocycles. The van der Waals surface area contributed by atoms with Crippen molar-refractivity contribution in [1.29, 1.82) is 0 Å². The Balaban J connectivity index is 2.18.